The van der Waals surface area contributed by atoms with Crippen molar-refractivity contribution >= 4 is 11.5 Å². The predicted octanol–water partition coefficient (Wildman–Crippen LogP) is 0.348. The molecule has 2 heteroatoms. The first kappa shape index (κ1) is 8.45. The number of para-hydroxylation sites is 1. The number of hydrogen-bond acceptors (Lipinski definition) is 1. The molecule has 0 radical (unpaired) electrons. The van der Waals surface area contributed by atoms with Crippen molar-refractivity contribution in [2.75, 3.05) is 13.6 Å². The second kappa shape index (κ2) is 3.30. The molecule has 0 fully saturated rings. The Morgan fingerprint density at radius 3 is 2.92 bits per heavy atom. The van der Waals surface area contributed by atoms with Crippen LogP contribution in [0.5, 0.6) is 0 Å². The van der Waals surface area contributed by atoms with Crippen molar-refractivity contribution in [2.45, 2.75) is 12.8 Å². The van der Waals surface area contributed by atoms with Gasteiger partial charge < -0.3 is 4.90 Å². The van der Waals surface area contributed by atoms with Gasteiger partial charge in [0, 0.05) is 12.0 Å². The number of fused-ring (bicyclic) bond motifs is 1. The van der Waals surface area contributed by atoms with Crippen LogP contribution in [0.2, 0.25) is 0 Å². The molecule has 0 saturated heterocycles. The fourth-order valence-electron chi connectivity index (χ4n) is 1.85. The molecular formula is C11H14NO+. The van der Waals surface area contributed by atoms with Crippen molar-refractivity contribution in [1.29, 1.82) is 0 Å². The van der Waals surface area contributed by atoms with Crippen LogP contribution in [0.3, 0.4) is 0 Å². The molecular weight excluding hydrogens is 162 g/mol. The lowest BCUT2D eigenvalue weighted by Gasteiger charge is -2.11. The minimum Gasteiger partial charge on any atom is -0.304 e. The molecule has 1 N–H and O–H groups in total. The van der Waals surface area contributed by atoms with Gasteiger partial charge in [-0.15, -0.1) is 0 Å². The standard InChI is InChI=1S/C11H13NO/c1-12-7-6-10(13)8-9-4-2-3-5-11(9)12/h2-5H,6-8H2,1H3/p+1. The van der Waals surface area contributed by atoms with Crippen molar-refractivity contribution < 1.29 is 9.69 Å². The van der Waals surface area contributed by atoms with Crippen molar-refractivity contribution in [1.82, 2.24) is 0 Å². The molecule has 0 aliphatic carbocycles. The molecule has 1 aliphatic heterocycles. The van der Waals surface area contributed by atoms with Gasteiger partial charge in [0.15, 0.2) is 0 Å². The van der Waals surface area contributed by atoms with E-state index in [1.807, 2.05) is 12.1 Å². The number of carbonyl (C=O) groups is 1. The van der Waals surface area contributed by atoms with Gasteiger partial charge in [-0.3, -0.25) is 4.79 Å². The van der Waals surface area contributed by atoms with Crippen LogP contribution in [-0.4, -0.2) is 19.4 Å². The molecule has 2 rings (SSSR count). The first-order valence-electron chi connectivity index (χ1n) is 4.70. The molecule has 0 aromatic heterocycles. The molecule has 1 heterocycles. The maximum absolute atomic E-state index is 11.4. The maximum Gasteiger partial charge on any atom is 0.143 e. The third kappa shape index (κ3) is 1.63. The number of nitrogens with one attached hydrogen (secondary N) is 1. The number of rotatable bonds is 0. The largest absolute Gasteiger partial charge is 0.304 e. The zero-order valence-electron chi connectivity index (χ0n) is 7.84. The third-order valence-electron chi connectivity index (χ3n) is 2.64. The third-order valence-corrected chi connectivity index (χ3v) is 2.64. The minimum absolute atomic E-state index is 0.365. The van der Waals surface area contributed by atoms with Crippen LogP contribution in [0.15, 0.2) is 24.3 Å². The van der Waals surface area contributed by atoms with Crippen molar-refractivity contribution in [2.24, 2.45) is 0 Å². The first-order chi connectivity index (χ1) is 6.27. The van der Waals surface area contributed by atoms with E-state index in [2.05, 4.69) is 19.2 Å². The summed E-state index contributed by atoms with van der Waals surface area (Å²) in [7, 11) is 2.12. The highest BCUT2D eigenvalue weighted by Crippen LogP contribution is 2.13. The Balaban J connectivity index is 2.43. The summed E-state index contributed by atoms with van der Waals surface area (Å²) in [6.07, 6.45) is 1.33. The molecule has 2 nitrogen and oxygen atoms in total. The van der Waals surface area contributed by atoms with Crippen LogP contribution >= 0.6 is 0 Å². The zero-order chi connectivity index (χ0) is 9.26. The number of carbonyl (C=O) groups excluding carboxylic acids is 1. The van der Waals surface area contributed by atoms with Crippen molar-refractivity contribution in [3.8, 4) is 0 Å². The lowest BCUT2D eigenvalue weighted by atomic mass is 10.1. The molecule has 0 saturated carbocycles. The Bertz CT molecular complexity index is 333. The highest BCUT2D eigenvalue weighted by Gasteiger charge is 2.19. The highest BCUT2D eigenvalue weighted by atomic mass is 16.1. The smallest absolute Gasteiger partial charge is 0.143 e. The molecule has 0 amide bonds. The fraction of sp³-hybridized carbons (Fsp3) is 0.364. The SMILES string of the molecule is C[NH+]1CCC(=O)Cc2ccccc21. The number of quaternary nitrogens is 1. The normalized spacial score (nSPS) is 22.2. The van der Waals surface area contributed by atoms with Crippen molar-refractivity contribution in [3.63, 3.8) is 0 Å². The van der Waals surface area contributed by atoms with Gasteiger partial charge in [0.05, 0.1) is 20.0 Å². The van der Waals surface area contributed by atoms with E-state index in [9.17, 15) is 4.79 Å². The summed E-state index contributed by atoms with van der Waals surface area (Å²) >= 11 is 0. The van der Waals surface area contributed by atoms with E-state index < -0.39 is 0 Å². The minimum atomic E-state index is 0.365. The van der Waals surface area contributed by atoms with Gasteiger partial charge in [-0.25, -0.2) is 0 Å². The summed E-state index contributed by atoms with van der Waals surface area (Å²) in [4.78, 5) is 12.7. The van der Waals surface area contributed by atoms with Gasteiger partial charge in [0.25, 0.3) is 0 Å². The van der Waals surface area contributed by atoms with Gasteiger partial charge in [0.1, 0.15) is 11.5 Å². The van der Waals surface area contributed by atoms with Gasteiger partial charge in [-0.05, 0) is 6.07 Å². The van der Waals surface area contributed by atoms with Crippen molar-refractivity contribution in [3.05, 3.63) is 29.8 Å². The molecule has 0 spiro atoms. The van der Waals surface area contributed by atoms with Gasteiger partial charge in [0.2, 0.25) is 0 Å². The van der Waals surface area contributed by atoms with Crippen LogP contribution in [0.1, 0.15) is 12.0 Å². The van der Waals surface area contributed by atoms with Gasteiger partial charge in [-0.1, -0.05) is 18.2 Å². The summed E-state index contributed by atoms with van der Waals surface area (Å²) in [5, 5.41) is 0. The van der Waals surface area contributed by atoms with Gasteiger partial charge >= 0.3 is 0 Å². The first-order valence-corrected chi connectivity index (χ1v) is 4.70. The molecule has 1 aromatic carbocycles. The molecule has 68 valence electrons. The molecule has 1 unspecified atom stereocenters. The van der Waals surface area contributed by atoms with Crippen LogP contribution < -0.4 is 4.90 Å². The number of hydrogen-bond donors (Lipinski definition) is 1. The summed E-state index contributed by atoms with van der Waals surface area (Å²) < 4.78 is 0. The zero-order valence-corrected chi connectivity index (χ0v) is 7.84. The van der Waals surface area contributed by atoms with E-state index in [0.717, 1.165) is 6.54 Å². The van der Waals surface area contributed by atoms with E-state index >= 15 is 0 Å². The van der Waals surface area contributed by atoms with Gasteiger partial charge in [-0.2, -0.15) is 0 Å². The van der Waals surface area contributed by atoms with E-state index in [1.165, 1.54) is 16.2 Å². The monoisotopic (exact) mass is 176 g/mol. The average molecular weight is 176 g/mol. The second-order valence-corrected chi connectivity index (χ2v) is 3.65. The number of Topliss-reactive ketones (excluding diaryl/α,β-unsaturated/α-hetero) is 1. The Kier molecular flexibility index (Phi) is 2.15. The van der Waals surface area contributed by atoms with E-state index in [-0.39, 0.29) is 0 Å². The summed E-state index contributed by atoms with van der Waals surface area (Å²) in [5.41, 5.74) is 2.48. The lowest BCUT2D eigenvalue weighted by Crippen LogP contribution is -3.04. The molecule has 0 bridgehead atoms. The van der Waals surface area contributed by atoms with Crippen LogP contribution in [0.25, 0.3) is 0 Å². The Labute approximate surface area is 78.2 Å². The second-order valence-electron chi connectivity index (χ2n) is 3.65. The van der Waals surface area contributed by atoms with E-state index in [1.54, 1.807) is 0 Å². The molecule has 1 atom stereocenters. The van der Waals surface area contributed by atoms with E-state index in [0.29, 0.717) is 18.6 Å². The highest BCUT2D eigenvalue weighted by molar-refractivity contribution is 5.82. The summed E-state index contributed by atoms with van der Waals surface area (Å²) in [5.74, 6) is 0.365. The number of ketones is 1. The van der Waals surface area contributed by atoms with Crippen LogP contribution in [0, 0.1) is 0 Å². The fourth-order valence-corrected chi connectivity index (χ4v) is 1.85. The Morgan fingerprint density at radius 2 is 2.08 bits per heavy atom. The summed E-state index contributed by atoms with van der Waals surface area (Å²) in [6.45, 7) is 0.926. The topological polar surface area (TPSA) is 21.5 Å². The Hall–Kier alpha value is -1.15. The lowest BCUT2D eigenvalue weighted by molar-refractivity contribution is -0.809. The average Bonchev–Trinajstić information content (AvgIpc) is 2.27. The Morgan fingerprint density at radius 1 is 1.31 bits per heavy atom. The van der Waals surface area contributed by atoms with Crippen LogP contribution in [-0.2, 0) is 11.2 Å². The maximum atomic E-state index is 11.4. The number of benzene rings is 1. The quantitative estimate of drug-likeness (QED) is 0.605. The molecule has 1 aromatic rings. The van der Waals surface area contributed by atoms with Crippen LogP contribution in [0.4, 0.5) is 5.69 Å². The summed E-state index contributed by atoms with van der Waals surface area (Å²) in [6, 6.07) is 8.22. The predicted molar refractivity (Wildman–Crippen MR) is 51.2 cm³/mol. The molecule has 13 heavy (non-hydrogen) atoms. The van der Waals surface area contributed by atoms with E-state index in [4.69, 9.17) is 0 Å². The molecule has 1 aliphatic rings.